The number of hydrogen-bond acceptors (Lipinski definition) is 2. The van der Waals surface area contributed by atoms with Gasteiger partial charge in [-0.05, 0) is 31.4 Å². The highest BCUT2D eigenvalue weighted by atomic mass is 35.5. The summed E-state index contributed by atoms with van der Waals surface area (Å²) in [6, 6.07) is 7.78. The van der Waals surface area contributed by atoms with E-state index in [1.165, 1.54) is 0 Å². The molecule has 0 fully saturated rings. The average molecular weight is 269 g/mol. The highest BCUT2D eigenvalue weighted by Gasteiger charge is 2.07. The molecule has 0 aliphatic rings. The number of nitrogens with two attached hydrogens (primary N) is 1. The number of halogens is 1. The quantitative estimate of drug-likeness (QED) is 0.616. The van der Waals surface area contributed by atoms with E-state index in [1.807, 2.05) is 31.2 Å². The standard InChI is InChI=1S/C14H20N2O.ClH/c1-3-6-11(2)16-14(17)10-9-12-7-4-5-8-13(12)15;/h3-5,7-8,11H,1,6,9-10,15H2,2H3,(H,16,17);1H. The molecule has 0 aliphatic carbocycles. The molecule has 4 heteroatoms. The molecule has 1 unspecified atom stereocenters. The molecule has 0 saturated carbocycles. The summed E-state index contributed by atoms with van der Waals surface area (Å²) in [5, 5.41) is 2.92. The van der Waals surface area contributed by atoms with E-state index in [1.54, 1.807) is 6.08 Å². The molecule has 1 aromatic carbocycles. The number of rotatable bonds is 6. The number of para-hydroxylation sites is 1. The SMILES string of the molecule is C=CCC(C)NC(=O)CCc1ccccc1N.Cl. The second-order valence-corrected chi connectivity index (χ2v) is 4.19. The van der Waals surface area contributed by atoms with Crippen LogP contribution in [0.2, 0.25) is 0 Å². The van der Waals surface area contributed by atoms with Crippen molar-refractivity contribution in [3.8, 4) is 0 Å². The lowest BCUT2D eigenvalue weighted by Crippen LogP contribution is -2.32. The van der Waals surface area contributed by atoms with Gasteiger partial charge in [0, 0.05) is 18.2 Å². The Balaban J connectivity index is 0.00000289. The van der Waals surface area contributed by atoms with Crippen molar-refractivity contribution in [2.75, 3.05) is 5.73 Å². The first kappa shape index (κ1) is 16.5. The predicted molar refractivity (Wildman–Crippen MR) is 78.8 cm³/mol. The Hall–Kier alpha value is -1.48. The Morgan fingerprint density at radius 3 is 2.78 bits per heavy atom. The first-order chi connectivity index (χ1) is 8.13. The molecule has 3 nitrogen and oxygen atoms in total. The second kappa shape index (κ2) is 8.59. The van der Waals surface area contributed by atoms with Gasteiger partial charge in [0.25, 0.3) is 0 Å². The lowest BCUT2D eigenvalue weighted by molar-refractivity contribution is -0.121. The summed E-state index contributed by atoms with van der Waals surface area (Å²) in [4.78, 5) is 11.6. The number of carbonyl (C=O) groups excluding carboxylic acids is 1. The Morgan fingerprint density at radius 1 is 1.50 bits per heavy atom. The molecule has 0 radical (unpaired) electrons. The van der Waals surface area contributed by atoms with Gasteiger partial charge in [-0.2, -0.15) is 0 Å². The van der Waals surface area contributed by atoms with Crippen LogP contribution in [0.5, 0.6) is 0 Å². The largest absolute Gasteiger partial charge is 0.399 e. The number of benzene rings is 1. The topological polar surface area (TPSA) is 55.1 Å². The molecule has 1 atom stereocenters. The molecule has 0 heterocycles. The van der Waals surface area contributed by atoms with Gasteiger partial charge in [-0.1, -0.05) is 24.3 Å². The molecule has 0 aliphatic heterocycles. The molecule has 100 valence electrons. The average Bonchev–Trinajstić information content (AvgIpc) is 2.28. The van der Waals surface area contributed by atoms with Gasteiger partial charge in [0.15, 0.2) is 0 Å². The number of amides is 1. The van der Waals surface area contributed by atoms with Crippen LogP contribution in [0.15, 0.2) is 36.9 Å². The van der Waals surface area contributed by atoms with Crippen LogP contribution in [0.25, 0.3) is 0 Å². The van der Waals surface area contributed by atoms with Crippen LogP contribution in [0.4, 0.5) is 5.69 Å². The van der Waals surface area contributed by atoms with E-state index in [9.17, 15) is 4.79 Å². The predicted octanol–water partition coefficient (Wildman–Crippen LogP) is 2.70. The van der Waals surface area contributed by atoms with E-state index in [4.69, 9.17) is 5.73 Å². The maximum atomic E-state index is 11.6. The normalized spacial score (nSPS) is 11.2. The summed E-state index contributed by atoms with van der Waals surface area (Å²) in [5.41, 5.74) is 7.59. The second-order valence-electron chi connectivity index (χ2n) is 4.19. The fourth-order valence-corrected chi connectivity index (χ4v) is 1.67. The minimum atomic E-state index is 0. The summed E-state index contributed by atoms with van der Waals surface area (Å²) in [6.07, 6.45) is 3.74. The van der Waals surface area contributed by atoms with Gasteiger partial charge in [0.1, 0.15) is 0 Å². The van der Waals surface area contributed by atoms with Gasteiger partial charge in [0.2, 0.25) is 5.91 Å². The van der Waals surface area contributed by atoms with Crippen LogP contribution < -0.4 is 11.1 Å². The van der Waals surface area contributed by atoms with Crippen LogP contribution in [0.1, 0.15) is 25.3 Å². The Bertz CT molecular complexity index is 393. The summed E-state index contributed by atoms with van der Waals surface area (Å²) in [5.74, 6) is 0.0580. The van der Waals surface area contributed by atoms with Crippen molar-refractivity contribution in [2.45, 2.75) is 32.2 Å². The molecule has 1 aromatic rings. The summed E-state index contributed by atoms with van der Waals surface area (Å²) >= 11 is 0. The van der Waals surface area contributed by atoms with Crippen LogP contribution in [-0.2, 0) is 11.2 Å². The van der Waals surface area contributed by atoms with Crippen LogP contribution in [0, 0.1) is 0 Å². The van der Waals surface area contributed by atoms with E-state index in [2.05, 4.69) is 11.9 Å². The fourth-order valence-electron chi connectivity index (χ4n) is 1.67. The highest BCUT2D eigenvalue weighted by Crippen LogP contribution is 2.12. The third-order valence-corrected chi connectivity index (χ3v) is 2.60. The van der Waals surface area contributed by atoms with Gasteiger partial charge in [-0.25, -0.2) is 0 Å². The van der Waals surface area contributed by atoms with Gasteiger partial charge < -0.3 is 11.1 Å². The summed E-state index contributed by atoms with van der Waals surface area (Å²) < 4.78 is 0. The fraction of sp³-hybridized carbons (Fsp3) is 0.357. The number of nitrogens with one attached hydrogen (secondary N) is 1. The van der Waals surface area contributed by atoms with Crippen molar-refractivity contribution < 1.29 is 4.79 Å². The minimum Gasteiger partial charge on any atom is -0.399 e. The molecule has 0 bridgehead atoms. The van der Waals surface area contributed by atoms with Crippen LogP contribution in [0.3, 0.4) is 0 Å². The Labute approximate surface area is 115 Å². The summed E-state index contributed by atoms with van der Waals surface area (Å²) in [7, 11) is 0. The molecule has 0 saturated heterocycles. The number of anilines is 1. The lowest BCUT2D eigenvalue weighted by Gasteiger charge is -2.12. The van der Waals surface area contributed by atoms with Gasteiger partial charge in [-0.3, -0.25) is 4.79 Å². The van der Waals surface area contributed by atoms with Crippen molar-refractivity contribution in [3.05, 3.63) is 42.5 Å². The molecule has 18 heavy (non-hydrogen) atoms. The third-order valence-electron chi connectivity index (χ3n) is 2.60. The van der Waals surface area contributed by atoms with Crippen molar-refractivity contribution in [3.63, 3.8) is 0 Å². The van der Waals surface area contributed by atoms with Gasteiger partial charge in [-0.15, -0.1) is 19.0 Å². The third kappa shape index (κ3) is 5.73. The highest BCUT2D eigenvalue weighted by molar-refractivity contribution is 5.85. The van der Waals surface area contributed by atoms with Crippen LogP contribution >= 0.6 is 12.4 Å². The van der Waals surface area contributed by atoms with Crippen molar-refractivity contribution in [2.24, 2.45) is 0 Å². The molecular formula is C14H21ClN2O. The molecular weight excluding hydrogens is 248 g/mol. The van der Waals surface area contributed by atoms with Crippen molar-refractivity contribution in [1.82, 2.24) is 5.32 Å². The summed E-state index contributed by atoms with van der Waals surface area (Å²) in [6.45, 7) is 5.61. The van der Waals surface area contributed by atoms with E-state index in [0.29, 0.717) is 12.8 Å². The van der Waals surface area contributed by atoms with E-state index >= 15 is 0 Å². The number of hydrogen-bond donors (Lipinski definition) is 2. The minimum absolute atomic E-state index is 0. The van der Waals surface area contributed by atoms with Crippen molar-refractivity contribution >= 4 is 24.0 Å². The van der Waals surface area contributed by atoms with Crippen LogP contribution in [-0.4, -0.2) is 11.9 Å². The molecule has 3 N–H and O–H groups in total. The lowest BCUT2D eigenvalue weighted by atomic mass is 10.1. The molecule has 1 amide bonds. The maximum Gasteiger partial charge on any atom is 0.220 e. The number of aryl methyl sites for hydroxylation is 1. The number of carbonyl (C=O) groups is 1. The molecule has 0 spiro atoms. The van der Waals surface area contributed by atoms with E-state index in [-0.39, 0.29) is 24.4 Å². The first-order valence-corrected chi connectivity index (χ1v) is 5.87. The molecule has 0 aromatic heterocycles. The van der Waals surface area contributed by atoms with Gasteiger partial charge in [0.05, 0.1) is 0 Å². The number of nitrogen functional groups attached to an aromatic ring is 1. The zero-order valence-electron chi connectivity index (χ0n) is 10.7. The Morgan fingerprint density at radius 2 is 2.17 bits per heavy atom. The zero-order chi connectivity index (χ0) is 12.7. The molecule has 1 rings (SSSR count). The van der Waals surface area contributed by atoms with Crippen molar-refractivity contribution in [1.29, 1.82) is 0 Å². The zero-order valence-corrected chi connectivity index (χ0v) is 11.5. The maximum absolute atomic E-state index is 11.6. The Kier molecular flexibility index (Phi) is 7.88. The van der Waals surface area contributed by atoms with E-state index < -0.39 is 0 Å². The first-order valence-electron chi connectivity index (χ1n) is 5.87. The monoisotopic (exact) mass is 268 g/mol. The van der Waals surface area contributed by atoms with Gasteiger partial charge >= 0.3 is 0 Å². The van der Waals surface area contributed by atoms with E-state index in [0.717, 1.165) is 17.7 Å². The smallest absolute Gasteiger partial charge is 0.220 e.